The molecule has 1 aromatic carbocycles. The zero-order valence-electron chi connectivity index (χ0n) is 21.0. The number of halogens is 1. The molecule has 1 fully saturated rings. The number of ether oxygens (including phenoxy) is 1. The fourth-order valence-electron chi connectivity index (χ4n) is 4.31. The van der Waals surface area contributed by atoms with E-state index in [1.165, 1.54) is 23.2 Å². The number of nitrogens with zero attached hydrogens (tertiary/aromatic N) is 3. The number of carbonyl (C=O) groups is 4. The molecule has 37 heavy (non-hydrogen) atoms. The Morgan fingerprint density at radius 3 is 2.59 bits per heavy atom. The average Bonchev–Trinajstić information content (AvgIpc) is 3.07. The molecular formula is C27H32FN3O6. The van der Waals surface area contributed by atoms with Crippen molar-refractivity contribution in [2.45, 2.75) is 51.9 Å². The molecule has 1 aliphatic rings. The van der Waals surface area contributed by atoms with E-state index in [4.69, 9.17) is 4.74 Å². The van der Waals surface area contributed by atoms with Crippen LogP contribution < -0.4 is 4.90 Å². The number of carbonyl (C=O) groups excluding carboxylic acids is 3. The van der Waals surface area contributed by atoms with Crippen LogP contribution in [0.15, 0.2) is 36.5 Å². The predicted octanol–water partition coefficient (Wildman–Crippen LogP) is 3.59. The van der Waals surface area contributed by atoms with E-state index in [1.54, 1.807) is 30.0 Å². The van der Waals surface area contributed by atoms with Crippen molar-refractivity contribution in [3.05, 3.63) is 59.2 Å². The number of esters is 1. The third-order valence-corrected chi connectivity index (χ3v) is 6.12. The van der Waals surface area contributed by atoms with Crippen molar-refractivity contribution in [2.24, 2.45) is 0 Å². The Labute approximate surface area is 215 Å². The molecule has 0 spiro atoms. The van der Waals surface area contributed by atoms with Crippen molar-refractivity contribution in [3.63, 3.8) is 0 Å². The quantitative estimate of drug-likeness (QED) is 0.360. The van der Waals surface area contributed by atoms with Gasteiger partial charge in [-0.2, -0.15) is 0 Å². The molecule has 0 aliphatic carbocycles. The van der Waals surface area contributed by atoms with Gasteiger partial charge < -0.3 is 19.6 Å². The smallest absolute Gasteiger partial charge is 0.356 e. The zero-order chi connectivity index (χ0) is 26.8. The van der Waals surface area contributed by atoms with E-state index in [1.807, 2.05) is 0 Å². The number of anilines is 1. The first-order chi connectivity index (χ1) is 17.8. The van der Waals surface area contributed by atoms with E-state index in [2.05, 4.69) is 4.98 Å². The van der Waals surface area contributed by atoms with Gasteiger partial charge >= 0.3 is 11.9 Å². The van der Waals surface area contributed by atoms with Crippen molar-refractivity contribution in [3.8, 4) is 0 Å². The van der Waals surface area contributed by atoms with E-state index in [0.717, 1.165) is 24.8 Å². The lowest BCUT2D eigenvalue weighted by Crippen LogP contribution is -2.38. The second-order valence-electron chi connectivity index (χ2n) is 8.89. The predicted molar refractivity (Wildman–Crippen MR) is 134 cm³/mol. The number of pyridine rings is 1. The number of likely N-dealkylation sites (tertiary alicyclic amines) is 1. The molecule has 2 heterocycles. The minimum absolute atomic E-state index is 0.0589. The molecule has 1 aromatic heterocycles. The Bertz CT molecular complexity index is 1120. The SMILES string of the molecule is CCOC(=O)CC(=O)N(CCCN1CCCCCC1=O)c1cc(Cc2ccc(F)cc2)cnc1C(=O)O. The van der Waals surface area contributed by atoms with Gasteiger partial charge in [-0.25, -0.2) is 14.2 Å². The van der Waals surface area contributed by atoms with Gasteiger partial charge in [0.1, 0.15) is 12.2 Å². The van der Waals surface area contributed by atoms with Crippen LogP contribution in [0.1, 0.15) is 67.1 Å². The normalized spacial score (nSPS) is 13.7. The van der Waals surface area contributed by atoms with Crippen LogP contribution in [0.2, 0.25) is 0 Å². The highest BCUT2D eigenvalue weighted by Crippen LogP contribution is 2.24. The summed E-state index contributed by atoms with van der Waals surface area (Å²) in [4.78, 5) is 56.7. The summed E-state index contributed by atoms with van der Waals surface area (Å²) in [5, 5.41) is 9.78. The number of hydrogen-bond acceptors (Lipinski definition) is 6. The standard InChI is InChI=1S/C27H32FN3O6/c1-2-37-25(34)17-24(33)31(14-6-13-30-12-5-3-4-7-23(30)32)22-16-20(18-29-26(22)27(35)36)15-19-8-10-21(28)11-9-19/h8-11,16,18H,2-7,12-15,17H2,1H3,(H,35,36). The first-order valence-electron chi connectivity index (χ1n) is 12.5. The molecule has 10 heteroatoms. The minimum atomic E-state index is -1.32. The van der Waals surface area contributed by atoms with Crippen molar-refractivity contribution in [1.82, 2.24) is 9.88 Å². The number of aromatic carboxylic acids is 1. The molecule has 2 aromatic rings. The Morgan fingerprint density at radius 2 is 1.89 bits per heavy atom. The molecular weight excluding hydrogens is 481 g/mol. The van der Waals surface area contributed by atoms with Crippen LogP contribution in [-0.2, 0) is 25.5 Å². The maximum Gasteiger partial charge on any atom is 0.356 e. The lowest BCUT2D eigenvalue weighted by atomic mass is 10.0. The van der Waals surface area contributed by atoms with Crippen LogP contribution in [0.25, 0.3) is 0 Å². The fourth-order valence-corrected chi connectivity index (χ4v) is 4.31. The second-order valence-corrected chi connectivity index (χ2v) is 8.89. The lowest BCUT2D eigenvalue weighted by Gasteiger charge is -2.26. The van der Waals surface area contributed by atoms with Gasteiger partial charge in [0.05, 0.1) is 12.3 Å². The van der Waals surface area contributed by atoms with Crippen molar-refractivity contribution < 1.29 is 33.4 Å². The van der Waals surface area contributed by atoms with Gasteiger partial charge in [0.2, 0.25) is 11.8 Å². The highest BCUT2D eigenvalue weighted by Gasteiger charge is 2.26. The second kappa shape index (κ2) is 13.5. The molecule has 0 atom stereocenters. The monoisotopic (exact) mass is 513 g/mol. The minimum Gasteiger partial charge on any atom is -0.476 e. The van der Waals surface area contributed by atoms with Crippen LogP contribution >= 0.6 is 0 Å². The van der Waals surface area contributed by atoms with Crippen molar-refractivity contribution in [2.75, 3.05) is 31.1 Å². The fraction of sp³-hybridized carbons (Fsp3) is 0.444. The van der Waals surface area contributed by atoms with Gasteiger partial charge in [-0.05, 0) is 61.9 Å². The summed E-state index contributed by atoms with van der Waals surface area (Å²) in [6, 6.07) is 7.44. The summed E-state index contributed by atoms with van der Waals surface area (Å²) >= 11 is 0. The van der Waals surface area contributed by atoms with Crippen molar-refractivity contribution >= 4 is 29.4 Å². The molecule has 9 nitrogen and oxygen atoms in total. The van der Waals surface area contributed by atoms with Gasteiger partial charge in [-0.15, -0.1) is 0 Å². The molecule has 0 unspecified atom stereocenters. The van der Waals surface area contributed by atoms with E-state index in [-0.39, 0.29) is 36.3 Å². The first kappa shape index (κ1) is 27.8. The van der Waals surface area contributed by atoms with Crippen molar-refractivity contribution in [1.29, 1.82) is 0 Å². The molecule has 3 rings (SSSR count). The number of rotatable bonds is 11. The maximum absolute atomic E-state index is 13.3. The number of amides is 2. The van der Waals surface area contributed by atoms with E-state index >= 15 is 0 Å². The molecule has 2 amide bonds. The van der Waals surface area contributed by atoms with E-state index in [0.29, 0.717) is 37.9 Å². The van der Waals surface area contributed by atoms with Crippen LogP contribution in [-0.4, -0.2) is 65.0 Å². The molecule has 1 N–H and O–H groups in total. The largest absolute Gasteiger partial charge is 0.476 e. The van der Waals surface area contributed by atoms with Crippen LogP contribution in [0.4, 0.5) is 10.1 Å². The van der Waals surface area contributed by atoms with Gasteiger partial charge in [0.15, 0.2) is 5.69 Å². The molecule has 1 aliphatic heterocycles. The summed E-state index contributed by atoms with van der Waals surface area (Å²) < 4.78 is 18.2. The lowest BCUT2D eigenvalue weighted by molar-refractivity contribution is -0.145. The summed E-state index contributed by atoms with van der Waals surface area (Å²) in [7, 11) is 0. The molecule has 1 saturated heterocycles. The Hall–Kier alpha value is -3.82. The number of benzene rings is 1. The molecule has 198 valence electrons. The first-order valence-corrected chi connectivity index (χ1v) is 12.5. The van der Waals surface area contributed by atoms with Gasteiger partial charge in [0, 0.05) is 32.3 Å². The summed E-state index contributed by atoms with van der Waals surface area (Å²) in [6.07, 6.45) is 4.82. The van der Waals surface area contributed by atoms with Gasteiger partial charge in [0.25, 0.3) is 0 Å². The summed E-state index contributed by atoms with van der Waals surface area (Å²) in [5.41, 5.74) is 1.12. The molecule has 0 bridgehead atoms. The van der Waals surface area contributed by atoms with Gasteiger partial charge in [-0.3, -0.25) is 14.4 Å². The number of carboxylic acid groups (broad SMARTS) is 1. The van der Waals surface area contributed by atoms with Gasteiger partial charge in [-0.1, -0.05) is 18.6 Å². The Balaban J connectivity index is 1.87. The highest BCUT2D eigenvalue weighted by atomic mass is 19.1. The topological polar surface area (TPSA) is 117 Å². The number of aromatic nitrogens is 1. The summed E-state index contributed by atoms with van der Waals surface area (Å²) in [5.74, 6) is -2.96. The van der Waals surface area contributed by atoms with Crippen LogP contribution in [0.3, 0.4) is 0 Å². The van der Waals surface area contributed by atoms with Crippen LogP contribution in [0, 0.1) is 5.82 Å². The molecule has 0 saturated carbocycles. The Morgan fingerprint density at radius 1 is 1.14 bits per heavy atom. The molecule has 0 radical (unpaired) electrons. The maximum atomic E-state index is 13.3. The average molecular weight is 514 g/mol. The van der Waals surface area contributed by atoms with E-state index < -0.39 is 24.3 Å². The number of hydrogen-bond donors (Lipinski definition) is 1. The Kier molecular flexibility index (Phi) is 10.1. The zero-order valence-corrected chi connectivity index (χ0v) is 21.0. The van der Waals surface area contributed by atoms with E-state index in [9.17, 15) is 28.7 Å². The third-order valence-electron chi connectivity index (χ3n) is 6.12. The number of carboxylic acids is 1. The summed E-state index contributed by atoms with van der Waals surface area (Å²) in [6.45, 7) is 2.88. The van der Waals surface area contributed by atoms with Crippen LogP contribution in [0.5, 0.6) is 0 Å². The third kappa shape index (κ3) is 8.09. The highest BCUT2D eigenvalue weighted by molar-refractivity contribution is 6.06.